The molecular formula is C23H22FN5O. The van der Waals surface area contributed by atoms with Gasteiger partial charge in [-0.2, -0.15) is 0 Å². The largest absolute Gasteiger partial charge is 0.332 e. The predicted octanol–water partition coefficient (Wildman–Crippen LogP) is 4.18. The van der Waals surface area contributed by atoms with E-state index in [1.54, 1.807) is 18.3 Å². The van der Waals surface area contributed by atoms with Crippen LogP contribution >= 0.6 is 0 Å². The van der Waals surface area contributed by atoms with E-state index in [1.807, 2.05) is 54.0 Å². The van der Waals surface area contributed by atoms with Crippen molar-refractivity contribution < 1.29 is 9.18 Å². The molecule has 0 unspecified atom stereocenters. The topological polar surface area (TPSA) is 71.8 Å². The number of rotatable bonds is 6. The Morgan fingerprint density at radius 3 is 2.60 bits per heavy atom. The van der Waals surface area contributed by atoms with Crippen LogP contribution in [-0.4, -0.2) is 20.6 Å². The van der Waals surface area contributed by atoms with Crippen molar-refractivity contribution in [2.45, 2.75) is 26.1 Å². The number of nitrogens with one attached hydrogen (secondary N) is 2. The number of amides is 2. The molecule has 2 aromatic heterocycles. The summed E-state index contributed by atoms with van der Waals surface area (Å²) in [6.07, 6.45) is 1.70. The summed E-state index contributed by atoms with van der Waals surface area (Å²) in [4.78, 5) is 21.5. The van der Waals surface area contributed by atoms with Crippen molar-refractivity contribution in [3.8, 4) is 0 Å². The predicted molar refractivity (Wildman–Crippen MR) is 113 cm³/mol. The van der Waals surface area contributed by atoms with E-state index < -0.39 is 0 Å². The number of carbonyl (C=O) groups is 1. The molecule has 2 heterocycles. The molecule has 0 fully saturated rings. The summed E-state index contributed by atoms with van der Waals surface area (Å²) in [5.41, 5.74) is 3.41. The van der Waals surface area contributed by atoms with Crippen LogP contribution in [0.4, 0.5) is 9.18 Å². The normalized spacial score (nSPS) is 11.9. The molecule has 0 radical (unpaired) electrons. The lowest BCUT2D eigenvalue weighted by Crippen LogP contribution is -2.37. The molecule has 0 aliphatic rings. The standard InChI is InChI=1S/C23H22FN5O/c1-16(18-6-3-2-4-7-18)27-23(30)26-14-21-28-20-8-5-13-25-22(20)29(21)15-17-9-11-19(24)12-10-17/h2-13,16H,14-15H2,1H3,(H2,26,27,30)/t16-/m0/s1. The van der Waals surface area contributed by atoms with Crippen molar-refractivity contribution in [3.63, 3.8) is 0 Å². The van der Waals surface area contributed by atoms with E-state index in [0.29, 0.717) is 12.4 Å². The Hall–Kier alpha value is -3.74. The Bertz CT molecular complexity index is 1140. The van der Waals surface area contributed by atoms with Gasteiger partial charge in [-0.25, -0.2) is 19.2 Å². The van der Waals surface area contributed by atoms with Gasteiger partial charge in [-0.15, -0.1) is 0 Å². The van der Waals surface area contributed by atoms with Crippen LogP contribution in [-0.2, 0) is 13.1 Å². The molecule has 4 aromatic rings. The molecule has 6 nitrogen and oxygen atoms in total. The minimum absolute atomic E-state index is 0.120. The Labute approximate surface area is 173 Å². The van der Waals surface area contributed by atoms with Crippen molar-refractivity contribution in [2.24, 2.45) is 0 Å². The summed E-state index contributed by atoms with van der Waals surface area (Å²) in [6.45, 7) is 2.65. The molecule has 0 aliphatic carbocycles. The fourth-order valence-corrected chi connectivity index (χ4v) is 3.31. The highest BCUT2D eigenvalue weighted by molar-refractivity contribution is 5.75. The maximum absolute atomic E-state index is 13.2. The number of benzene rings is 2. The molecule has 2 N–H and O–H groups in total. The Morgan fingerprint density at radius 2 is 1.83 bits per heavy atom. The van der Waals surface area contributed by atoms with Crippen LogP contribution in [0.25, 0.3) is 11.2 Å². The van der Waals surface area contributed by atoms with Gasteiger partial charge in [-0.1, -0.05) is 42.5 Å². The molecule has 152 valence electrons. The van der Waals surface area contributed by atoms with Crippen molar-refractivity contribution in [2.75, 3.05) is 0 Å². The average molecular weight is 403 g/mol. The third-order valence-electron chi connectivity index (χ3n) is 4.89. The highest BCUT2D eigenvalue weighted by atomic mass is 19.1. The number of hydrogen-bond acceptors (Lipinski definition) is 3. The second kappa shape index (κ2) is 8.73. The van der Waals surface area contributed by atoms with Crippen LogP contribution < -0.4 is 10.6 Å². The average Bonchev–Trinajstić information content (AvgIpc) is 3.12. The molecule has 1 atom stereocenters. The van der Waals surface area contributed by atoms with Gasteiger partial charge in [0.15, 0.2) is 5.65 Å². The lowest BCUT2D eigenvalue weighted by molar-refractivity contribution is 0.237. The highest BCUT2D eigenvalue weighted by Gasteiger charge is 2.14. The summed E-state index contributed by atoms with van der Waals surface area (Å²) in [5.74, 6) is 0.397. The Morgan fingerprint density at radius 1 is 1.07 bits per heavy atom. The minimum atomic E-state index is -0.279. The van der Waals surface area contributed by atoms with E-state index >= 15 is 0 Å². The summed E-state index contributed by atoms with van der Waals surface area (Å²) in [6, 6.07) is 19.4. The zero-order chi connectivity index (χ0) is 20.9. The second-order valence-electron chi connectivity index (χ2n) is 7.05. The molecule has 4 rings (SSSR count). The zero-order valence-electron chi connectivity index (χ0n) is 16.5. The molecule has 0 saturated carbocycles. The van der Waals surface area contributed by atoms with E-state index in [2.05, 4.69) is 20.6 Å². The minimum Gasteiger partial charge on any atom is -0.332 e. The van der Waals surface area contributed by atoms with Gasteiger partial charge in [0, 0.05) is 6.20 Å². The van der Waals surface area contributed by atoms with E-state index in [9.17, 15) is 9.18 Å². The molecule has 2 aromatic carbocycles. The fourth-order valence-electron chi connectivity index (χ4n) is 3.31. The first-order chi connectivity index (χ1) is 14.6. The number of pyridine rings is 1. The van der Waals surface area contributed by atoms with E-state index in [-0.39, 0.29) is 24.4 Å². The van der Waals surface area contributed by atoms with Gasteiger partial charge in [-0.05, 0) is 42.3 Å². The molecule has 0 aliphatic heterocycles. The molecule has 2 amide bonds. The van der Waals surface area contributed by atoms with Crippen LogP contribution in [0.3, 0.4) is 0 Å². The monoisotopic (exact) mass is 403 g/mol. The lowest BCUT2D eigenvalue weighted by Gasteiger charge is -2.15. The maximum Gasteiger partial charge on any atom is 0.315 e. The van der Waals surface area contributed by atoms with Crippen LogP contribution in [0.15, 0.2) is 72.9 Å². The Kier molecular flexibility index (Phi) is 5.70. The van der Waals surface area contributed by atoms with Crippen molar-refractivity contribution in [3.05, 3.63) is 95.7 Å². The van der Waals surface area contributed by atoms with E-state index in [0.717, 1.165) is 22.3 Å². The van der Waals surface area contributed by atoms with Crippen molar-refractivity contribution >= 4 is 17.2 Å². The first kappa shape index (κ1) is 19.6. The van der Waals surface area contributed by atoms with Crippen LogP contribution in [0, 0.1) is 5.82 Å². The number of aromatic nitrogens is 3. The number of imidazole rings is 1. The number of urea groups is 1. The molecule has 7 heteroatoms. The van der Waals surface area contributed by atoms with Gasteiger partial charge in [0.25, 0.3) is 0 Å². The summed E-state index contributed by atoms with van der Waals surface area (Å²) >= 11 is 0. The van der Waals surface area contributed by atoms with Gasteiger partial charge in [0.05, 0.1) is 19.1 Å². The number of halogens is 1. The first-order valence-electron chi connectivity index (χ1n) is 9.74. The Balaban J connectivity index is 1.49. The number of fused-ring (bicyclic) bond motifs is 1. The van der Waals surface area contributed by atoms with Crippen molar-refractivity contribution in [1.82, 2.24) is 25.2 Å². The summed E-state index contributed by atoms with van der Waals surface area (Å²) in [5, 5.41) is 5.81. The van der Waals surface area contributed by atoms with Gasteiger partial charge < -0.3 is 15.2 Å². The molecule has 0 bridgehead atoms. The van der Waals surface area contributed by atoms with Gasteiger partial charge >= 0.3 is 6.03 Å². The SMILES string of the molecule is C[C@H](NC(=O)NCc1nc2cccnc2n1Cc1ccc(F)cc1)c1ccccc1. The van der Waals surface area contributed by atoms with Gasteiger partial charge in [0.2, 0.25) is 0 Å². The lowest BCUT2D eigenvalue weighted by atomic mass is 10.1. The molecular weight excluding hydrogens is 381 g/mol. The summed E-state index contributed by atoms with van der Waals surface area (Å²) < 4.78 is 15.2. The second-order valence-corrected chi connectivity index (χ2v) is 7.05. The van der Waals surface area contributed by atoms with Crippen molar-refractivity contribution in [1.29, 1.82) is 0 Å². The van der Waals surface area contributed by atoms with E-state index in [4.69, 9.17) is 0 Å². The van der Waals surface area contributed by atoms with Gasteiger partial charge in [0.1, 0.15) is 17.2 Å². The molecule has 30 heavy (non-hydrogen) atoms. The highest BCUT2D eigenvalue weighted by Crippen LogP contribution is 2.16. The molecule has 0 spiro atoms. The van der Waals surface area contributed by atoms with Crippen LogP contribution in [0.5, 0.6) is 0 Å². The van der Waals surface area contributed by atoms with E-state index in [1.165, 1.54) is 12.1 Å². The number of hydrogen-bond donors (Lipinski definition) is 2. The maximum atomic E-state index is 13.2. The smallest absolute Gasteiger partial charge is 0.315 e. The third kappa shape index (κ3) is 4.46. The zero-order valence-corrected chi connectivity index (χ0v) is 16.5. The van der Waals surface area contributed by atoms with Crippen LogP contribution in [0.2, 0.25) is 0 Å². The number of carbonyl (C=O) groups excluding carboxylic acids is 1. The number of nitrogens with zero attached hydrogens (tertiary/aromatic N) is 3. The van der Waals surface area contributed by atoms with Crippen LogP contribution in [0.1, 0.15) is 29.9 Å². The first-order valence-corrected chi connectivity index (χ1v) is 9.74. The van der Waals surface area contributed by atoms with Gasteiger partial charge in [-0.3, -0.25) is 0 Å². The quantitative estimate of drug-likeness (QED) is 0.507. The summed E-state index contributed by atoms with van der Waals surface area (Å²) in [7, 11) is 0. The molecule has 0 saturated heterocycles. The third-order valence-corrected chi connectivity index (χ3v) is 4.89. The fraction of sp³-hybridized carbons (Fsp3) is 0.174.